The monoisotopic (exact) mass is 260 g/mol. The van der Waals surface area contributed by atoms with Crippen molar-refractivity contribution in [1.82, 2.24) is 9.78 Å². The molecule has 0 aromatic carbocycles. The van der Waals surface area contributed by atoms with Crippen molar-refractivity contribution in [1.29, 1.82) is 0 Å². The Morgan fingerprint density at radius 1 is 1.71 bits per heavy atom. The quantitative estimate of drug-likeness (QED) is 0.825. The van der Waals surface area contributed by atoms with E-state index >= 15 is 0 Å². The van der Waals surface area contributed by atoms with Crippen LogP contribution in [-0.4, -0.2) is 28.1 Å². The molecule has 2 rings (SSSR count). The molecule has 1 fully saturated rings. The summed E-state index contributed by atoms with van der Waals surface area (Å²) >= 11 is 3.39. The Hall–Kier alpha value is -0.390. The largest absolute Gasteiger partial charge is 0.381 e. The zero-order valence-electron chi connectivity index (χ0n) is 8.03. The zero-order chi connectivity index (χ0) is 10.2. The molecule has 4 nitrogen and oxygen atoms in total. The van der Waals surface area contributed by atoms with Crippen LogP contribution in [0.1, 0.15) is 18.5 Å². The van der Waals surface area contributed by atoms with Crippen LogP contribution in [0.25, 0.3) is 0 Å². The summed E-state index contributed by atoms with van der Waals surface area (Å²) in [4.78, 5) is 0. The molecule has 1 aliphatic rings. The van der Waals surface area contributed by atoms with E-state index in [1.807, 2.05) is 7.05 Å². The number of aliphatic hydroxyl groups is 1. The average molecular weight is 261 g/mol. The third-order valence-corrected chi connectivity index (χ3v) is 3.14. The highest BCUT2D eigenvalue weighted by atomic mass is 79.9. The van der Waals surface area contributed by atoms with Gasteiger partial charge < -0.3 is 9.84 Å². The highest BCUT2D eigenvalue weighted by Crippen LogP contribution is 2.34. The molecule has 1 saturated heterocycles. The van der Waals surface area contributed by atoms with E-state index < -0.39 is 5.60 Å². The van der Waals surface area contributed by atoms with Crippen LogP contribution in [0, 0.1) is 0 Å². The summed E-state index contributed by atoms with van der Waals surface area (Å²) in [5.74, 6) is 0. The van der Waals surface area contributed by atoms with E-state index in [0.717, 1.165) is 29.6 Å². The second kappa shape index (κ2) is 3.64. The summed E-state index contributed by atoms with van der Waals surface area (Å²) in [6, 6.07) is 0. The summed E-state index contributed by atoms with van der Waals surface area (Å²) in [5, 5.41) is 14.5. The second-order valence-electron chi connectivity index (χ2n) is 3.65. The van der Waals surface area contributed by atoms with Crippen molar-refractivity contribution in [2.45, 2.75) is 18.4 Å². The lowest BCUT2D eigenvalue weighted by molar-refractivity contribution is -0.0951. The predicted octanol–water partition coefficient (Wildman–Crippen LogP) is 1.18. The van der Waals surface area contributed by atoms with Gasteiger partial charge in [-0.25, -0.2) is 0 Å². The van der Waals surface area contributed by atoms with Crippen LogP contribution in [0.15, 0.2) is 10.7 Å². The van der Waals surface area contributed by atoms with Gasteiger partial charge in [-0.3, -0.25) is 4.68 Å². The number of aromatic nitrogens is 2. The first-order valence-corrected chi connectivity index (χ1v) is 5.41. The number of rotatable bonds is 1. The number of halogens is 1. The zero-order valence-corrected chi connectivity index (χ0v) is 9.62. The van der Waals surface area contributed by atoms with Crippen molar-refractivity contribution < 1.29 is 9.84 Å². The Labute approximate surface area is 91.0 Å². The highest BCUT2D eigenvalue weighted by molar-refractivity contribution is 9.10. The van der Waals surface area contributed by atoms with Gasteiger partial charge in [-0.05, 0) is 28.8 Å². The van der Waals surface area contributed by atoms with Crippen molar-refractivity contribution in [3.8, 4) is 0 Å². The van der Waals surface area contributed by atoms with Crippen molar-refractivity contribution in [2.24, 2.45) is 7.05 Å². The molecular formula is C9H13BrN2O2. The summed E-state index contributed by atoms with van der Waals surface area (Å²) in [6.45, 7) is 1.09. The van der Waals surface area contributed by atoms with Crippen molar-refractivity contribution in [3.63, 3.8) is 0 Å². The minimum absolute atomic E-state index is 0.352. The van der Waals surface area contributed by atoms with Crippen molar-refractivity contribution in [3.05, 3.63) is 16.4 Å². The SMILES string of the molecule is Cn1ncc(Br)c1C1(O)CCCOC1. The molecule has 14 heavy (non-hydrogen) atoms. The van der Waals surface area contributed by atoms with Gasteiger partial charge in [0, 0.05) is 13.7 Å². The number of hydrogen-bond donors (Lipinski definition) is 1. The molecule has 0 spiro atoms. The summed E-state index contributed by atoms with van der Waals surface area (Å²) in [6.07, 6.45) is 3.31. The molecule has 0 saturated carbocycles. The maximum absolute atomic E-state index is 10.4. The fraction of sp³-hybridized carbons (Fsp3) is 0.667. The maximum atomic E-state index is 10.4. The lowest BCUT2D eigenvalue weighted by Gasteiger charge is -2.32. The molecule has 0 aliphatic carbocycles. The summed E-state index contributed by atoms with van der Waals surface area (Å²) in [5.41, 5.74) is -0.0836. The molecular weight excluding hydrogens is 248 g/mol. The van der Waals surface area contributed by atoms with Gasteiger partial charge in [0.15, 0.2) is 0 Å². The molecule has 1 N–H and O–H groups in total. The van der Waals surface area contributed by atoms with E-state index in [1.165, 1.54) is 0 Å². The molecule has 1 aromatic heterocycles. The van der Waals surface area contributed by atoms with Crippen LogP contribution >= 0.6 is 15.9 Å². The maximum Gasteiger partial charge on any atom is 0.131 e. The predicted molar refractivity (Wildman–Crippen MR) is 54.9 cm³/mol. The minimum atomic E-state index is -0.887. The Kier molecular flexibility index (Phi) is 2.64. The van der Waals surface area contributed by atoms with Crippen molar-refractivity contribution in [2.75, 3.05) is 13.2 Å². The molecule has 2 heterocycles. The fourth-order valence-electron chi connectivity index (χ4n) is 1.90. The van der Waals surface area contributed by atoms with Crippen molar-refractivity contribution >= 4 is 15.9 Å². The Morgan fingerprint density at radius 3 is 3.00 bits per heavy atom. The third-order valence-electron chi connectivity index (χ3n) is 2.55. The normalized spacial score (nSPS) is 27.9. The van der Waals surface area contributed by atoms with E-state index in [4.69, 9.17) is 4.74 Å². The number of nitrogens with zero attached hydrogens (tertiary/aromatic N) is 2. The first kappa shape index (κ1) is 10.1. The first-order valence-electron chi connectivity index (χ1n) is 4.61. The number of hydrogen-bond acceptors (Lipinski definition) is 3. The van der Waals surface area contributed by atoms with E-state index in [-0.39, 0.29) is 0 Å². The van der Waals surface area contributed by atoms with Crippen LogP contribution < -0.4 is 0 Å². The highest BCUT2D eigenvalue weighted by Gasteiger charge is 2.36. The molecule has 0 bridgehead atoms. The van der Waals surface area contributed by atoms with Gasteiger partial charge in [0.25, 0.3) is 0 Å². The van der Waals surface area contributed by atoms with E-state index in [9.17, 15) is 5.11 Å². The van der Waals surface area contributed by atoms with Crippen LogP contribution in [0.2, 0.25) is 0 Å². The fourth-order valence-corrected chi connectivity index (χ4v) is 2.62. The van der Waals surface area contributed by atoms with Gasteiger partial charge in [-0.1, -0.05) is 0 Å². The molecule has 1 aromatic rings. The van der Waals surface area contributed by atoms with E-state index in [2.05, 4.69) is 21.0 Å². The molecule has 0 radical (unpaired) electrons. The van der Waals surface area contributed by atoms with Crippen LogP contribution in [0.4, 0.5) is 0 Å². The third kappa shape index (κ3) is 1.60. The molecule has 1 unspecified atom stereocenters. The molecule has 1 atom stereocenters. The molecule has 0 amide bonds. The van der Waals surface area contributed by atoms with E-state index in [0.29, 0.717) is 6.61 Å². The van der Waals surface area contributed by atoms with Crippen LogP contribution in [-0.2, 0) is 17.4 Å². The first-order chi connectivity index (χ1) is 6.63. The lowest BCUT2D eigenvalue weighted by atomic mass is 9.93. The van der Waals surface area contributed by atoms with Crippen LogP contribution in [0.3, 0.4) is 0 Å². The van der Waals surface area contributed by atoms with Gasteiger partial charge in [-0.2, -0.15) is 5.10 Å². The standard InChI is InChI=1S/C9H13BrN2O2/c1-12-8(7(10)5-11-12)9(13)3-2-4-14-6-9/h5,13H,2-4,6H2,1H3. The topological polar surface area (TPSA) is 47.3 Å². The Morgan fingerprint density at radius 2 is 2.50 bits per heavy atom. The molecule has 78 valence electrons. The summed E-state index contributed by atoms with van der Waals surface area (Å²) < 4.78 is 7.84. The van der Waals surface area contributed by atoms with Gasteiger partial charge in [0.2, 0.25) is 0 Å². The van der Waals surface area contributed by atoms with E-state index in [1.54, 1.807) is 10.9 Å². The van der Waals surface area contributed by atoms with Crippen LogP contribution in [0.5, 0.6) is 0 Å². The Balaban J connectivity index is 2.36. The molecule has 5 heteroatoms. The lowest BCUT2D eigenvalue weighted by Crippen LogP contribution is -2.37. The number of aryl methyl sites for hydroxylation is 1. The van der Waals surface area contributed by atoms with Gasteiger partial charge >= 0.3 is 0 Å². The minimum Gasteiger partial charge on any atom is -0.381 e. The van der Waals surface area contributed by atoms with Gasteiger partial charge in [-0.15, -0.1) is 0 Å². The smallest absolute Gasteiger partial charge is 0.131 e. The second-order valence-corrected chi connectivity index (χ2v) is 4.51. The Bertz CT molecular complexity index is 312. The molecule has 1 aliphatic heterocycles. The summed E-state index contributed by atoms with van der Waals surface area (Å²) in [7, 11) is 1.83. The van der Waals surface area contributed by atoms with Gasteiger partial charge in [0.05, 0.1) is 23.0 Å². The average Bonchev–Trinajstić information content (AvgIpc) is 2.48. The van der Waals surface area contributed by atoms with Gasteiger partial charge in [0.1, 0.15) is 5.60 Å². The number of ether oxygens (including phenoxy) is 1.